The average molecular weight is 444 g/mol. The molecule has 0 fully saturated rings. The summed E-state index contributed by atoms with van der Waals surface area (Å²) in [7, 11) is 1.63. The van der Waals surface area contributed by atoms with Gasteiger partial charge in [-0.3, -0.25) is 19.1 Å². The monoisotopic (exact) mass is 443 g/mol. The second kappa shape index (κ2) is 8.05. The quantitative estimate of drug-likeness (QED) is 0.390. The molecule has 5 aromatic rings. The van der Waals surface area contributed by atoms with E-state index in [1.807, 2.05) is 73.0 Å². The Labute approximate surface area is 189 Å². The van der Waals surface area contributed by atoms with Gasteiger partial charge in [0, 0.05) is 12.4 Å². The molecule has 8 heteroatoms. The zero-order valence-corrected chi connectivity index (χ0v) is 18.8. The number of imidazole rings is 1. The molecule has 0 atom stereocenters. The van der Waals surface area contributed by atoms with E-state index in [-0.39, 0.29) is 5.91 Å². The zero-order valence-electron chi connectivity index (χ0n) is 17.9. The Morgan fingerprint density at radius 1 is 1.09 bits per heavy atom. The van der Waals surface area contributed by atoms with Gasteiger partial charge in [-0.2, -0.15) is 0 Å². The van der Waals surface area contributed by atoms with Gasteiger partial charge in [-0.05, 0) is 49.7 Å². The minimum atomic E-state index is -0.178. The van der Waals surface area contributed by atoms with Gasteiger partial charge in [0.2, 0.25) is 0 Å². The van der Waals surface area contributed by atoms with Gasteiger partial charge in [-0.1, -0.05) is 29.5 Å². The Hall–Kier alpha value is -3.78. The number of pyridine rings is 2. The Kier molecular flexibility index (Phi) is 5.07. The molecule has 0 radical (unpaired) electrons. The molecule has 0 aliphatic carbocycles. The minimum absolute atomic E-state index is 0.178. The largest absolute Gasteiger partial charge is 0.494 e. The molecule has 32 heavy (non-hydrogen) atoms. The van der Waals surface area contributed by atoms with Crippen LogP contribution >= 0.6 is 11.3 Å². The molecular weight excluding hydrogens is 422 g/mol. The number of carbonyl (C=O) groups excluding carboxylic acids is 1. The third-order valence-corrected chi connectivity index (χ3v) is 6.55. The van der Waals surface area contributed by atoms with Crippen LogP contribution in [0.2, 0.25) is 0 Å². The Morgan fingerprint density at radius 2 is 1.94 bits per heavy atom. The maximum absolute atomic E-state index is 13.9. The number of ether oxygens (including phenoxy) is 1. The molecule has 0 aliphatic rings. The molecule has 160 valence electrons. The minimum Gasteiger partial charge on any atom is -0.494 e. The number of hydrogen-bond acceptors (Lipinski definition) is 6. The van der Waals surface area contributed by atoms with Crippen molar-refractivity contribution in [2.45, 2.75) is 20.4 Å². The third kappa shape index (κ3) is 3.38. The van der Waals surface area contributed by atoms with E-state index in [0.717, 1.165) is 27.1 Å². The van der Waals surface area contributed by atoms with Crippen molar-refractivity contribution in [2.24, 2.45) is 0 Å². The number of methoxy groups -OCH3 is 1. The van der Waals surface area contributed by atoms with Crippen molar-refractivity contribution in [1.82, 2.24) is 19.4 Å². The highest BCUT2D eigenvalue weighted by Crippen LogP contribution is 2.37. The predicted octanol–water partition coefficient (Wildman–Crippen LogP) is 4.81. The number of fused-ring (bicyclic) bond motifs is 2. The van der Waals surface area contributed by atoms with Crippen molar-refractivity contribution < 1.29 is 9.53 Å². The molecule has 0 bridgehead atoms. The zero-order chi connectivity index (χ0) is 22.2. The molecule has 0 N–H and O–H groups in total. The highest BCUT2D eigenvalue weighted by Gasteiger charge is 2.27. The number of aromatic nitrogens is 4. The van der Waals surface area contributed by atoms with E-state index < -0.39 is 0 Å². The second-order valence-electron chi connectivity index (χ2n) is 7.45. The number of carbonyl (C=O) groups is 1. The Balaban J connectivity index is 1.68. The smallest absolute Gasteiger partial charge is 0.279 e. The fourth-order valence-corrected chi connectivity index (χ4v) is 4.81. The fraction of sp³-hybridized carbons (Fsp3) is 0.167. The van der Waals surface area contributed by atoms with Crippen LogP contribution < -0.4 is 9.64 Å². The summed E-state index contributed by atoms with van der Waals surface area (Å²) in [6, 6.07) is 15.3. The number of hydrogen-bond donors (Lipinski definition) is 0. The van der Waals surface area contributed by atoms with Crippen LogP contribution in [0.3, 0.4) is 0 Å². The molecule has 0 unspecified atom stereocenters. The molecule has 4 heterocycles. The molecule has 0 spiro atoms. The summed E-state index contributed by atoms with van der Waals surface area (Å²) in [5.41, 5.74) is 4.52. The summed E-state index contributed by atoms with van der Waals surface area (Å²) in [5, 5.41) is 0.591. The Bertz CT molecular complexity index is 1440. The van der Waals surface area contributed by atoms with E-state index in [1.54, 1.807) is 18.2 Å². The first-order valence-electron chi connectivity index (χ1n) is 10.2. The van der Waals surface area contributed by atoms with Gasteiger partial charge in [-0.15, -0.1) is 0 Å². The van der Waals surface area contributed by atoms with Gasteiger partial charge in [0.05, 0.1) is 29.7 Å². The van der Waals surface area contributed by atoms with E-state index in [4.69, 9.17) is 9.72 Å². The van der Waals surface area contributed by atoms with Crippen molar-refractivity contribution in [1.29, 1.82) is 0 Å². The summed E-state index contributed by atoms with van der Waals surface area (Å²) in [6.45, 7) is 4.17. The molecule has 1 amide bonds. The number of anilines is 1. The van der Waals surface area contributed by atoms with Crippen molar-refractivity contribution in [3.05, 3.63) is 83.6 Å². The molecule has 7 nitrogen and oxygen atoms in total. The van der Waals surface area contributed by atoms with Crippen LogP contribution in [0.5, 0.6) is 5.75 Å². The summed E-state index contributed by atoms with van der Waals surface area (Å²) in [4.78, 5) is 29.4. The van der Waals surface area contributed by atoms with Gasteiger partial charge in [0.25, 0.3) is 5.91 Å². The summed E-state index contributed by atoms with van der Waals surface area (Å²) in [5.74, 6) is 0.506. The van der Waals surface area contributed by atoms with Crippen LogP contribution in [0.25, 0.3) is 15.9 Å². The maximum atomic E-state index is 13.9. The highest BCUT2D eigenvalue weighted by atomic mass is 32.1. The van der Waals surface area contributed by atoms with E-state index in [0.29, 0.717) is 28.8 Å². The first-order chi connectivity index (χ1) is 15.6. The normalized spacial score (nSPS) is 11.2. The van der Waals surface area contributed by atoms with Crippen molar-refractivity contribution in [3.8, 4) is 5.75 Å². The van der Waals surface area contributed by atoms with Crippen LogP contribution in [0.15, 0.2) is 60.9 Å². The number of rotatable bonds is 5. The lowest BCUT2D eigenvalue weighted by molar-refractivity contribution is 0.0978. The van der Waals surface area contributed by atoms with Crippen LogP contribution in [-0.2, 0) is 6.54 Å². The number of nitrogens with zero attached hydrogens (tertiary/aromatic N) is 5. The highest BCUT2D eigenvalue weighted by molar-refractivity contribution is 7.22. The molecular formula is C24H21N5O2S. The number of thiazole rings is 1. The number of aryl methyl sites for hydroxylation is 2. The van der Waals surface area contributed by atoms with Crippen molar-refractivity contribution >= 4 is 38.2 Å². The van der Waals surface area contributed by atoms with Gasteiger partial charge in [0.15, 0.2) is 5.13 Å². The lowest BCUT2D eigenvalue weighted by Gasteiger charge is -2.19. The SMILES string of the molecule is COc1ccc(C)c2sc(N(Cc3ccccn3)C(=O)c3c(C)nc4ccccn34)nc12. The standard InChI is InChI=1S/C24H21N5O2S/c1-15-10-11-18(31-3)20-22(15)32-24(27-20)29(14-17-8-4-6-12-25-17)23(30)21-16(2)26-19-9-5-7-13-28(19)21/h4-13H,14H2,1-3H3. The molecule has 0 saturated carbocycles. The van der Waals surface area contributed by atoms with E-state index in [9.17, 15) is 4.79 Å². The summed E-state index contributed by atoms with van der Waals surface area (Å²) >= 11 is 1.47. The predicted molar refractivity (Wildman–Crippen MR) is 126 cm³/mol. The molecule has 5 rings (SSSR count). The van der Waals surface area contributed by atoms with Crippen LogP contribution in [0.1, 0.15) is 27.4 Å². The summed E-state index contributed by atoms with van der Waals surface area (Å²) < 4.78 is 8.33. The lowest BCUT2D eigenvalue weighted by Crippen LogP contribution is -2.32. The first-order valence-corrected chi connectivity index (χ1v) is 11.0. The second-order valence-corrected chi connectivity index (χ2v) is 8.42. The molecule has 4 aromatic heterocycles. The topological polar surface area (TPSA) is 72.6 Å². The molecule has 1 aromatic carbocycles. The van der Waals surface area contributed by atoms with Crippen LogP contribution in [-0.4, -0.2) is 32.4 Å². The van der Waals surface area contributed by atoms with E-state index in [1.165, 1.54) is 11.3 Å². The van der Waals surface area contributed by atoms with Crippen LogP contribution in [0.4, 0.5) is 5.13 Å². The van der Waals surface area contributed by atoms with Crippen LogP contribution in [0, 0.1) is 13.8 Å². The van der Waals surface area contributed by atoms with Crippen molar-refractivity contribution in [3.63, 3.8) is 0 Å². The Morgan fingerprint density at radius 3 is 2.72 bits per heavy atom. The van der Waals surface area contributed by atoms with Gasteiger partial charge in [-0.25, -0.2) is 9.97 Å². The number of benzene rings is 1. The first kappa shape index (κ1) is 20.1. The van der Waals surface area contributed by atoms with E-state index in [2.05, 4.69) is 9.97 Å². The van der Waals surface area contributed by atoms with Gasteiger partial charge in [0.1, 0.15) is 22.6 Å². The van der Waals surface area contributed by atoms with Gasteiger partial charge >= 0.3 is 0 Å². The summed E-state index contributed by atoms with van der Waals surface area (Å²) in [6.07, 6.45) is 3.58. The fourth-order valence-electron chi connectivity index (χ4n) is 3.76. The lowest BCUT2D eigenvalue weighted by atomic mass is 10.2. The average Bonchev–Trinajstić information content (AvgIpc) is 3.39. The third-order valence-electron chi connectivity index (χ3n) is 5.34. The molecule has 0 saturated heterocycles. The molecule has 0 aliphatic heterocycles. The van der Waals surface area contributed by atoms with Crippen molar-refractivity contribution in [2.75, 3.05) is 12.0 Å². The van der Waals surface area contributed by atoms with Gasteiger partial charge < -0.3 is 4.74 Å². The van der Waals surface area contributed by atoms with E-state index >= 15 is 0 Å². The maximum Gasteiger partial charge on any atom is 0.279 e. The number of amides is 1.